The number of nitrogens with one attached hydrogen (secondary N) is 1. The maximum atomic E-state index is 12.1. The largest absolute Gasteiger partial charge is 0.464 e. The fourth-order valence-electron chi connectivity index (χ4n) is 2.04. The first-order valence-corrected chi connectivity index (χ1v) is 7.50. The number of rotatable bonds is 5. The van der Waals surface area contributed by atoms with Crippen LogP contribution in [0, 0.1) is 0 Å². The van der Waals surface area contributed by atoms with Crippen LogP contribution in [0.15, 0.2) is 30.3 Å². The minimum atomic E-state index is -0.845. The molecule has 1 fully saturated rings. The summed E-state index contributed by atoms with van der Waals surface area (Å²) in [4.78, 5) is 24.2. The summed E-state index contributed by atoms with van der Waals surface area (Å²) in [5.74, 6) is -0.566. The molecule has 5 heteroatoms. The molecule has 1 aromatic carbocycles. The van der Waals surface area contributed by atoms with E-state index in [9.17, 15) is 9.59 Å². The second-order valence-corrected chi connectivity index (χ2v) is 5.48. The first-order chi connectivity index (χ1) is 9.14. The van der Waals surface area contributed by atoms with Gasteiger partial charge < -0.3 is 10.1 Å². The maximum absolute atomic E-state index is 12.1. The summed E-state index contributed by atoms with van der Waals surface area (Å²) < 4.78 is 5.07. The Morgan fingerprint density at radius 1 is 1.42 bits per heavy atom. The van der Waals surface area contributed by atoms with Crippen LogP contribution in [0.5, 0.6) is 0 Å². The summed E-state index contributed by atoms with van der Waals surface area (Å²) >= 11 is 1.57. The van der Waals surface area contributed by atoms with Crippen molar-refractivity contribution in [2.45, 2.75) is 24.1 Å². The summed E-state index contributed by atoms with van der Waals surface area (Å²) in [6.45, 7) is 2.09. The van der Waals surface area contributed by atoms with Crippen molar-refractivity contribution in [3.63, 3.8) is 0 Å². The number of thioether (sulfide) groups is 1. The van der Waals surface area contributed by atoms with E-state index in [0.29, 0.717) is 18.6 Å². The van der Waals surface area contributed by atoms with Gasteiger partial charge in [-0.1, -0.05) is 18.2 Å². The predicted molar refractivity (Wildman–Crippen MR) is 75.2 cm³/mol. The summed E-state index contributed by atoms with van der Waals surface area (Å²) in [7, 11) is 0. The molecule has 19 heavy (non-hydrogen) atoms. The molecule has 2 rings (SSSR count). The lowest BCUT2D eigenvalue weighted by Crippen LogP contribution is -2.46. The molecule has 1 N–H and O–H groups in total. The van der Waals surface area contributed by atoms with Gasteiger partial charge in [-0.2, -0.15) is 11.8 Å². The van der Waals surface area contributed by atoms with Gasteiger partial charge in [0, 0.05) is 10.8 Å². The molecule has 0 bridgehead atoms. The van der Waals surface area contributed by atoms with Crippen LogP contribution >= 0.6 is 11.8 Å². The molecule has 0 radical (unpaired) electrons. The molecule has 2 atom stereocenters. The van der Waals surface area contributed by atoms with Crippen LogP contribution in [0.1, 0.15) is 23.7 Å². The SMILES string of the molecule is CCOC(=O)[C@@]1(NC(=O)c2ccccc2)C[C@H]1SC. The van der Waals surface area contributed by atoms with E-state index < -0.39 is 5.54 Å². The topological polar surface area (TPSA) is 55.4 Å². The van der Waals surface area contributed by atoms with Crippen LogP contribution in [0.4, 0.5) is 0 Å². The Balaban J connectivity index is 2.11. The van der Waals surface area contributed by atoms with Crippen molar-refractivity contribution >= 4 is 23.6 Å². The molecule has 1 aromatic rings. The quantitative estimate of drug-likeness (QED) is 0.836. The van der Waals surface area contributed by atoms with Gasteiger partial charge >= 0.3 is 5.97 Å². The van der Waals surface area contributed by atoms with Gasteiger partial charge in [-0.3, -0.25) is 4.79 Å². The number of carbonyl (C=O) groups excluding carboxylic acids is 2. The van der Waals surface area contributed by atoms with Crippen LogP contribution in [-0.4, -0.2) is 35.5 Å². The van der Waals surface area contributed by atoms with Gasteiger partial charge in [-0.15, -0.1) is 0 Å². The third kappa shape index (κ3) is 2.76. The number of amides is 1. The number of ether oxygens (including phenoxy) is 1. The van der Waals surface area contributed by atoms with Gasteiger partial charge in [0.1, 0.15) is 0 Å². The van der Waals surface area contributed by atoms with E-state index in [2.05, 4.69) is 5.32 Å². The molecule has 1 saturated carbocycles. The second-order valence-electron chi connectivity index (χ2n) is 4.44. The molecule has 0 aromatic heterocycles. The molecule has 0 aliphatic heterocycles. The van der Waals surface area contributed by atoms with Crippen molar-refractivity contribution in [1.82, 2.24) is 5.32 Å². The molecule has 0 saturated heterocycles. The van der Waals surface area contributed by atoms with E-state index in [4.69, 9.17) is 4.74 Å². The Bertz CT molecular complexity index is 477. The van der Waals surface area contributed by atoms with Crippen LogP contribution in [0.3, 0.4) is 0 Å². The molecule has 4 nitrogen and oxygen atoms in total. The van der Waals surface area contributed by atoms with Gasteiger partial charge in [0.15, 0.2) is 5.54 Å². The highest BCUT2D eigenvalue weighted by molar-refractivity contribution is 7.99. The summed E-state index contributed by atoms with van der Waals surface area (Å²) in [5.41, 5.74) is -0.291. The third-order valence-electron chi connectivity index (χ3n) is 3.19. The monoisotopic (exact) mass is 279 g/mol. The van der Waals surface area contributed by atoms with Crippen molar-refractivity contribution in [2.24, 2.45) is 0 Å². The van der Waals surface area contributed by atoms with Crippen molar-refractivity contribution in [2.75, 3.05) is 12.9 Å². The third-order valence-corrected chi connectivity index (χ3v) is 4.33. The zero-order valence-corrected chi connectivity index (χ0v) is 11.8. The van der Waals surface area contributed by atoms with E-state index in [1.165, 1.54) is 0 Å². The Kier molecular flexibility index (Phi) is 4.14. The molecule has 1 aliphatic rings. The highest BCUT2D eigenvalue weighted by Crippen LogP contribution is 2.45. The van der Waals surface area contributed by atoms with Gasteiger partial charge in [-0.05, 0) is 31.7 Å². The lowest BCUT2D eigenvalue weighted by molar-refractivity contribution is -0.146. The Hall–Kier alpha value is -1.49. The summed E-state index contributed by atoms with van der Waals surface area (Å²) in [5, 5.41) is 2.93. The lowest BCUT2D eigenvalue weighted by Gasteiger charge is -2.17. The normalized spacial score (nSPS) is 24.6. The Morgan fingerprint density at radius 3 is 2.63 bits per heavy atom. The Labute approximate surface area is 116 Å². The zero-order valence-electron chi connectivity index (χ0n) is 11.0. The van der Waals surface area contributed by atoms with E-state index >= 15 is 0 Å². The minimum absolute atomic E-state index is 0.0965. The molecule has 0 spiro atoms. The standard InChI is InChI=1S/C14H17NO3S/c1-3-18-13(17)14(9-11(14)19-2)15-12(16)10-7-5-4-6-8-10/h4-8,11H,3,9H2,1-2H3,(H,15,16)/t11-,14-/m1/s1. The molecule has 0 heterocycles. The van der Waals surface area contributed by atoms with Gasteiger partial charge in [0.2, 0.25) is 0 Å². The number of hydrogen-bond donors (Lipinski definition) is 1. The highest BCUT2D eigenvalue weighted by atomic mass is 32.2. The van der Waals surface area contributed by atoms with Crippen LogP contribution in [0.25, 0.3) is 0 Å². The zero-order chi connectivity index (χ0) is 13.9. The van der Waals surface area contributed by atoms with Crippen molar-refractivity contribution in [3.8, 4) is 0 Å². The average Bonchev–Trinajstić information content (AvgIpc) is 3.14. The van der Waals surface area contributed by atoms with Crippen LogP contribution < -0.4 is 5.32 Å². The van der Waals surface area contributed by atoms with E-state index in [1.807, 2.05) is 12.3 Å². The lowest BCUT2D eigenvalue weighted by atomic mass is 10.2. The second kappa shape index (κ2) is 5.65. The molecule has 102 valence electrons. The first kappa shape index (κ1) is 13.9. The van der Waals surface area contributed by atoms with E-state index in [-0.39, 0.29) is 17.1 Å². The minimum Gasteiger partial charge on any atom is -0.464 e. The van der Waals surface area contributed by atoms with E-state index in [1.54, 1.807) is 43.0 Å². The number of carbonyl (C=O) groups is 2. The van der Waals surface area contributed by atoms with Crippen molar-refractivity contribution in [1.29, 1.82) is 0 Å². The molecule has 1 amide bonds. The van der Waals surface area contributed by atoms with Gasteiger partial charge in [0.25, 0.3) is 5.91 Å². The van der Waals surface area contributed by atoms with Gasteiger partial charge in [0.05, 0.1) is 6.61 Å². The summed E-state index contributed by atoms with van der Waals surface area (Å²) in [6, 6.07) is 8.89. The van der Waals surface area contributed by atoms with Crippen LogP contribution in [-0.2, 0) is 9.53 Å². The number of esters is 1. The first-order valence-electron chi connectivity index (χ1n) is 6.21. The van der Waals surface area contributed by atoms with Crippen molar-refractivity contribution in [3.05, 3.63) is 35.9 Å². The summed E-state index contributed by atoms with van der Waals surface area (Å²) in [6.07, 6.45) is 2.56. The highest BCUT2D eigenvalue weighted by Gasteiger charge is 2.62. The fourth-order valence-corrected chi connectivity index (χ4v) is 3.03. The number of hydrogen-bond acceptors (Lipinski definition) is 4. The Morgan fingerprint density at radius 2 is 2.11 bits per heavy atom. The maximum Gasteiger partial charge on any atom is 0.333 e. The fraction of sp³-hybridized carbons (Fsp3) is 0.429. The molecule has 1 aliphatic carbocycles. The van der Waals surface area contributed by atoms with E-state index in [0.717, 1.165) is 0 Å². The average molecular weight is 279 g/mol. The molecular formula is C14H17NO3S. The van der Waals surface area contributed by atoms with Gasteiger partial charge in [-0.25, -0.2) is 4.79 Å². The smallest absolute Gasteiger partial charge is 0.333 e. The van der Waals surface area contributed by atoms with Crippen molar-refractivity contribution < 1.29 is 14.3 Å². The molecule has 0 unspecified atom stereocenters. The number of benzene rings is 1. The predicted octanol–water partition coefficient (Wildman–Crippen LogP) is 1.85. The van der Waals surface area contributed by atoms with Crippen LogP contribution in [0.2, 0.25) is 0 Å². The molecular weight excluding hydrogens is 262 g/mol.